The van der Waals surface area contributed by atoms with Gasteiger partial charge in [0.05, 0.1) is 6.54 Å². The van der Waals surface area contributed by atoms with Gasteiger partial charge in [0.15, 0.2) is 5.13 Å². The van der Waals surface area contributed by atoms with Crippen LogP contribution in [0.3, 0.4) is 0 Å². The normalized spacial score (nSPS) is 17.6. The van der Waals surface area contributed by atoms with Crippen LogP contribution >= 0.6 is 11.3 Å². The molecule has 1 aromatic heterocycles. The Hall–Kier alpha value is -2.04. The van der Waals surface area contributed by atoms with Crippen molar-refractivity contribution in [3.8, 4) is 0 Å². The third-order valence-electron chi connectivity index (χ3n) is 3.79. The second kappa shape index (κ2) is 7.46. The van der Waals surface area contributed by atoms with Gasteiger partial charge in [0.25, 0.3) is 0 Å². The number of benzene rings is 1. The minimum atomic E-state index is -4.07. The summed E-state index contributed by atoms with van der Waals surface area (Å²) >= 11 is 1.53. The molecule has 0 saturated carbocycles. The number of nitrogens with one attached hydrogen (secondary N) is 2. The molecule has 134 valence electrons. The zero-order valence-electron chi connectivity index (χ0n) is 13.2. The Morgan fingerprint density at radius 1 is 1.40 bits per heavy atom. The van der Waals surface area contributed by atoms with Gasteiger partial charge in [0.1, 0.15) is 10.7 Å². The lowest BCUT2D eigenvalue weighted by Crippen LogP contribution is -2.43. The van der Waals surface area contributed by atoms with Crippen LogP contribution in [-0.4, -0.2) is 45.0 Å². The van der Waals surface area contributed by atoms with E-state index in [-0.39, 0.29) is 6.04 Å². The molecule has 1 amide bonds. The van der Waals surface area contributed by atoms with Gasteiger partial charge >= 0.3 is 0 Å². The molecule has 1 unspecified atom stereocenters. The van der Waals surface area contributed by atoms with Crippen LogP contribution in [0, 0.1) is 5.82 Å². The van der Waals surface area contributed by atoms with Gasteiger partial charge in [-0.15, -0.1) is 11.3 Å². The molecule has 1 atom stereocenters. The van der Waals surface area contributed by atoms with Crippen molar-refractivity contribution in [2.45, 2.75) is 17.4 Å². The Balaban J connectivity index is 1.51. The number of sulfonamides is 1. The zero-order valence-corrected chi connectivity index (χ0v) is 14.8. The first-order valence-electron chi connectivity index (χ1n) is 7.64. The quantitative estimate of drug-likeness (QED) is 0.774. The highest BCUT2D eigenvalue weighted by Gasteiger charge is 2.26. The first-order chi connectivity index (χ1) is 12.0. The van der Waals surface area contributed by atoms with Gasteiger partial charge in [-0.05, 0) is 18.6 Å². The van der Waals surface area contributed by atoms with E-state index in [0.29, 0.717) is 6.54 Å². The molecule has 1 aromatic carbocycles. The Bertz CT molecular complexity index is 842. The molecule has 1 fully saturated rings. The molecule has 25 heavy (non-hydrogen) atoms. The molecule has 0 spiro atoms. The largest absolute Gasteiger partial charge is 0.350 e. The molecule has 10 heteroatoms. The van der Waals surface area contributed by atoms with Crippen LogP contribution in [0.2, 0.25) is 0 Å². The predicted molar refractivity (Wildman–Crippen MR) is 92.5 cm³/mol. The Morgan fingerprint density at radius 2 is 2.20 bits per heavy atom. The van der Waals surface area contributed by atoms with Crippen molar-refractivity contribution >= 4 is 32.4 Å². The Labute approximate surface area is 148 Å². The van der Waals surface area contributed by atoms with Crippen molar-refractivity contribution < 1.29 is 17.6 Å². The predicted octanol–water partition coefficient (Wildman–Crippen LogP) is 0.956. The van der Waals surface area contributed by atoms with E-state index in [4.69, 9.17) is 0 Å². The van der Waals surface area contributed by atoms with Crippen LogP contribution in [0.25, 0.3) is 0 Å². The van der Waals surface area contributed by atoms with E-state index in [1.54, 1.807) is 6.20 Å². The standard InChI is InChI=1S/C15H17FN4O3S2/c16-12-3-1-2-4-13(12)25(22,23)18-9-14(21)19-11-5-7-20(10-11)15-17-6-8-24-15/h1-4,6,8,11,18H,5,7,9-10H2,(H,19,21). The number of carbonyl (C=O) groups excluding carboxylic acids is 1. The second-order valence-electron chi connectivity index (χ2n) is 5.57. The molecule has 0 bridgehead atoms. The van der Waals surface area contributed by atoms with Crippen molar-refractivity contribution in [1.29, 1.82) is 0 Å². The van der Waals surface area contributed by atoms with Crippen molar-refractivity contribution in [3.63, 3.8) is 0 Å². The van der Waals surface area contributed by atoms with Crippen LogP contribution in [-0.2, 0) is 14.8 Å². The van der Waals surface area contributed by atoms with Crippen molar-refractivity contribution in [2.24, 2.45) is 0 Å². The van der Waals surface area contributed by atoms with Crippen LogP contribution in [0.1, 0.15) is 6.42 Å². The van der Waals surface area contributed by atoms with Gasteiger partial charge in [0, 0.05) is 30.7 Å². The summed E-state index contributed by atoms with van der Waals surface area (Å²) in [7, 11) is -4.07. The molecule has 2 N–H and O–H groups in total. The van der Waals surface area contributed by atoms with Gasteiger partial charge in [-0.1, -0.05) is 12.1 Å². The summed E-state index contributed by atoms with van der Waals surface area (Å²) in [5, 5.41) is 5.57. The number of rotatable bonds is 6. The summed E-state index contributed by atoms with van der Waals surface area (Å²) in [5.41, 5.74) is 0. The summed E-state index contributed by atoms with van der Waals surface area (Å²) in [6.07, 6.45) is 2.48. The molecule has 0 aliphatic carbocycles. The van der Waals surface area contributed by atoms with Gasteiger partial charge in [0.2, 0.25) is 15.9 Å². The maximum absolute atomic E-state index is 13.6. The fourth-order valence-corrected chi connectivity index (χ4v) is 4.34. The fraction of sp³-hybridized carbons (Fsp3) is 0.333. The van der Waals surface area contributed by atoms with Crippen LogP contribution < -0.4 is 14.9 Å². The maximum Gasteiger partial charge on any atom is 0.243 e. The number of carbonyl (C=O) groups is 1. The van der Waals surface area contributed by atoms with Crippen LogP contribution in [0.15, 0.2) is 40.7 Å². The minimum Gasteiger partial charge on any atom is -0.350 e. The molecular weight excluding hydrogens is 367 g/mol. The number of amides is 1. The number of hydrogen-bond donors (Lipinski definition) is 2. The smallest absolute Gasteiger partial charge is 0.243 e. The average Bonchev–Trinajstić information content (AvgIpc) is 3.24. The van der Waals surface area contributed by atoms with Gasteiger partial charge in [-0.25, -0.2) is 22.5 Å². The van der Waals surface area contributed by atoms with E-state index >= 15 is 0 Å². The van der Waals surface area contributed by atoms with E-state index in [2.05, 4.69) is 19.9 Å². The summed E-state index contributed by atoms with van der Waals surface area (Å²) in [6, 6.07) is 4.95. The lowest BCUT2D eigenvalue weighted by Gasteiger charge is -2.16. The molecule has 2 aromatic rings. The molecule has 1 aliphatic heterocycles. The zero-order chi connectivity index (χ0) is 17.9. The minimum absolute atomic E-state index is 0.0747. The molecule has 3 rings (SSSR count). The number of hydrogen-bond acceptors (Lipinski definition) is 6. The van der Waals surface area contributed by atoms with Gasteiger partial charge in [-0.2, -0.15) is 0 Å². The lowest BCUT2D eigenvalue weighted by molar-refractivity contribution is -0.120. The summed E-state index contributed by atoms with van der Waals surface area (Å²) < 4.78 is 39.8. The fourth-order valence-electron chi connectivity index (χ4n) is 2.60. The SMILES string of the molecule is O=C(CNS(=O)(=O)c1ccccc1F)NC1CCN(c2nccs2)C1. The van der Waals surface area contributed by atoms with E-state index in [0.717, 1.165) is 30.2 Å². The molecule has 0 radical (unpaired) electrons. The third-order valence-corrected chi connectivity index (χ3v) is 6.06. The number of anilines is 1. The van der Waals surface area contributed by atoms with Crippen molar-refractivity contribution in [1.82, 2.24) is 15.0 Å². The van der Waals surface area contributed by atoms with Crippen molar-refractivity contribution in [3.05, 3.63) is 41.7 Å². The highest BCUT2D eigenvalue weighted by Crippen LogP contribution is 2.22. The number of nitrogens with zero attached hydrogens (tertiary/aromatic N) is 2. The van der Waals surface area contributed by atoms with Crippen LogP contribution in [0.5, 0.6) is 0 Å². The number of halogens is 1. The molecule has 1 saturated heterocycles. The third kappa shape index (κ3) is 4.33. The molecule has 2 heterocycles. The highest BCUT2D eigenvalue weighted by atomic mass is 32.2. The van der Waals surface area contributed by atoms with Gasteiger partial charge in [-0.3, -0.25) is 4.79 Å². The lowest BCUT2D eigenvalue weighted by atomic mass is 10.2. The van der Waals surface area contributed by atoms with Gasteiger partial charge < -0.3 is 10.2 Å². The average molecular weight is 384 g/mol. The van der Waals surface area contributed by atoms with Crippen LogP contribution in [0.4, 0.5) is 9.52 Å². The maximum atomic E-state index is 13.6. The van der Waals surface area contributed by atoms with E-state index in [1.807, 2.05) is 5.38 Å². The summed E-state index contributed by atoms with van der Waals surface area (Å²) in [6.45, 7) is 0.961. The first-order valence-corrected chi connectivity index (χ1v) is 10.00. The number of aromatic nitrogens is 1. The van der Waals surface area contributed by atoms with E-state index < -0.39 is 33.2 Å². The Kier molecular flexibility index (Phi) is 5.30. The monoisotopic (exact) mass is 384 g/mol. The topological polar surface area (TPSA) is 91.4 Å². The van der Waals surface area contributed by atoms with E-state index in [9.17, 15) is 17.6 Å². The number of thiazole rings is 1. The van der Waals surface area contributed by atoms with Crippen molar-refractivity contribution in [2.75, 3.05) is 24.5 Å². The molecule has 1 aliphatic rings. The molecule has 7 nitrogen and oxygen atoms in total. The summed E-state index contributed by atoms with van der Waals surface area (Å²) in [5.74, 6) is -1.31. The van der Waals surface area contributed by atoms with E-state index in [1.165, 1.54) is 23.5 Å². The first kappa shape index (κ1) is 17.8. The Morgan fingerprint density at radius 3 is 2.92 bits per heavy atom. The molecular formula is C15H17FN4O3S2. The summed E-state index contributed by atoms with van der Waals surface area (Å²) in [4.78, 5) is 17.8. The second-order valence-corrected chi connectivity index (χ2v) is 8.18. The highest BCUT2D eigenvalue weighted by molar-refractivity contribution is 7.89.